The van der Waals surface area contributed by atoms with Crippen molar-refractivity contribution >= 4 is 11.9 Å². The number of rotatable bonds is 6. The molecule has 1 heterocycles. The molecule has 0 fully saturated rings. The molecule has 22 heavy (non-hydrogen) atoms. The van der Waals surface area contributed by atoms with Crippen LogP contribution in [-0.2, 0) is 7.05 Å². The number of ether oxygens (including phenoxy) is 3. The molecular weight excluding hydrogens is 284 g/mol. The Balaban J connectivity index is 2.35. The number of carbonyl (C=O) groups is 1. The molecule has 6 nitrogen and oxygen atoms in total. The highest BCUT2D eigenvalue weighted by molar-refractivity contribution is 6.05. The van der Waals surface area contributed by atoms with Crippen LogP contribution in [0.2, 0.25) is 0 Å². The van der Waals surface area contributed by atoms with Crippen molar-refractivity contribution in [2.75, 3.05) is 21.3 Å². The highest BCUT2D eigenvalue weighted by Crippen LogP contribution is 2.40. The number of methoxy groups -OCH3 is 3. The lowest BCUT2D eigenvalue weighted by Crippen LogP contribution is -2.04. The summed E-state index contributed by atoms with van der Waals surface area (Å²) >= 11 is 0. The van der Waals surface area contributed by atoms with E-state index in [-0.39, 0.29) is 5.78 Å². The molecule has 1 aromatic carbocycles. The van der Waals surface area contributed by atoms with Gasteiger partial charge in [-0.15, -0.1) is 0 Å². The second-order valence-electron chi connectivity index (χ2n) is 4.46. The van der Waals surface area contributed by atoms with Gasteiger partial charge in [0.25, 0.3) is 0 Å². The van der Waals surface area contributed by atoms with E-state index in [9.17, 15) is 4.79 Å². The molecule has 0 unspecified atom stereocenters. The molecule has 0 aliphatic carbocycles. The lowest BCUT2D eigenvalue weighted by molar-refractivity contribution is 0.103. The van der Waals surface area contributed by atoms with E-state index in [0.717, 1.165) is 5.56 Å². The minimum atomic E-state index is -0.142. The molecule has 0 spiro atoms. The Morgan fingerprint density at radius 1 is 1.09 bits per heavy atom. The first-order valence-electron chi connectivity index (χ1n) is 6.61. The number of ketones is 1. The van der Waals surface area contributed by atoms with Crippen molar-refractivity contribution in [3.63, 3.8) is 0 Å². The van der Waals surface area contributed by atoms with E-state index in [1.807, 2.05) is 0 Å². The topological polar surface area (TPSA) is 62.6 Å². The van der Waals surface area contributed by atoms with Crippen LogP contribution in [0, 0.1) is 0 Å². The molecule has 0 bridgehead atoms. The smallest absolute Gasteiger partial charge is 0.203 e. The van der Waals surface area contributed by atoms with Crippen molar-refractivity contribution in [1.29, 1.82) is 0 Å². The van der Waals surface area contributed by atoms with Crippen LogP contribution in [0.15, 0.2) is 30.5 Å². The summed E-state index contributed by atoms with van der Waals surface area (Å²) in [6, 6.07) is 5.22. The van der Waals surface area contributed by atoms with Gasteiger partial charge in [-0.25, -0.2) is 0 Å². The Labute approximate surface area is 128 Å². The normalized spacial score (nSPS) is 10.7. The molecular formula is C16H18N2O4. The monoisotopic (exact) mass is 302 g/mol. The quantitative estimate of drug-likeness (QED) is 0.605. The predicted molar refractivity (Wildman–Crippen MR) is 82.7 cm³/mol. The minimum Gasteiger partial charge on any atom is -0.493 e. The van der Waals surface area contributed by atoms with Crippen LogP contribution in [0.4, 0.5) is 0 Å². The highest BCUT2D eigenvalue weighted by atomic mass is 16.5. The van der Waals surface area contributed by atoms with Gasteiger partial charge in [0.15, 0.2) is 11.5 Å². The summed E-state index contributed by atoms with van der Waals surface area (Å²) in [6.07, 6.45) is 4.73. The number of nitrogens with zero attached hydrogens (tertiary/aromatic N) is 2. The molecule has 0 amide bonds. The maximum atomic E-state index is 12.1. The summed E-state index contributed by atoms with van der Waals surface area (Å²) in [4.78, 5) is 12.1. The molecule has 116 valence electrons. The molecule has 0 aliphatic rings. The standard InChI is InChI=1S/C16H18N2O4/c1-18-12(9-10-17-18)13(19)7-5-11-6-8-14(20-2)16(22-4)15(11)21-3/h5-10H,1-4H3/b7-5+. The first kappa shape index (κ1) is 15.6. The summed E-state index contributed by atoms with van der Waals surface area (Å²) in [6.45, 7) is 0. The third-order valence-electron chi connectivity index (χ3n) is 3.22. The van der Waals surface area contributed by atoms with E-state index >= 15 is 0 Å². The average Bonchev–Trinajstić information content (AvgIpc) is 2.97. The largest absolute Gasteiger partial charge is 0.493 e. The van der Waals surface area contributed by atoms with Crippen molar-refractivity contribution in [2.45, 2.75) is 0 Å². The summed E-state index contributed by atoms with van der Waals surface area (Å²) in [5.74, 6) is 1.42. The second kappa shape index (κ2) is 6.80. The molecule has 1 aromatic heterocycles. The molecule has 2 rings (SSSR count). The van der Waals surface area contributed by atoms with Gasteiger partial charge in [-0.05, 0) is 30.4 Å². The lowest BCUT2D eigenvalue weighted by atomic mass is 10.1. The van der Waals surface area contributed by atoms with Gasteiger partial charge in [-0.3, -0.25) is 9.48 Å². The van der Waals surface area contributed by atoms with Crippen LogP contribution in [0.1, 0.15) is 16.1 Å². The van der Waals surface area contributed by atoms with E-state index in [2.05, 4.69) is 5.10 Å². The van der Waals surface area contributed by atoms with Crippen LogP contribution < -0.4 is 14.2 Å². The number of benzene rings is 1. The predicted octanol–water partition coefficient (Wildman–Crippen LogP) is 2.34. The summed E-state index contributed by atoms with van der Waals surface area (Å²) in [5.41, 5.74) is 1.23. The van der Waals surface area contributed by atoms with Gasteiger partial charge >= 0.3 is 0 Å². The van der Waals surface area contributed by atoms with Crippen molar-refractivity contribution < 1.29 is 19.0 Å². The third-order valence-corrected chi connectivity index (χ3v) is 3.22. The van der Waals surface area contributed by atoms with Crippen LogP contribution in [0.5, 0.6) is 17.2 Å². The van der Waals surface area contributed by atoms with Crippen LogP contribution >= 0.6 is 0 Å². The van der Waals surface area contributed by atoms with Crippen molar-refractivity contribution in [1.82, 2.24) is 9.78 Å². The number of allylic oxidation sites excluding steroid dienone is 1. The van der Waals surface area contributed by atoms with Gasteiger partial charge in [0.05, 0.1) is 21.3 Å². The van der Waals surface area contributed by atoms with Crippen molar-refractivity contribution in [2.24, 2.45) is 7.05 Å². The third kappa shape index (κ3) is 2.95. The Kier molecular flexibility index (Phi) is 4.83. The fourth-order valence-electron chi connectivity index (χ4n) is 2.12. The molecule has 0 atom stereocenters. The Bertz CT molecular complexity index is 704. The molecule has 0 aliphatic heterocycles. The lowest BCUT2D eigenvalue weighted by Gasteiger charge is -2.13. The number of hydrogen-bond acceptors (Lipinski definition) is 5. The Morgan fingerprint density at radius 2 is 1.82 bits per heavy atom. The summed E-state index contributed by atoms with van der Waals surface area (Å²) in [7, 11) is 6.35. The van der Waals surface area contributed by atoms with Crippen molar-refractivity contribution in [3.8, 4) is 17.2 Å². The first-order valence-corrected chi connectivity index (χ1v) is 6.61. The fraction of sp³-hybridized carbons (Fsp3) is 0.250. The number of hydrogen-bond donors (Lipinski definition) is 0. The van der Waals surface area contributed by atoms with Gasteiger partial charge < -0.3 is 14.2 Å². The maximum Gasteiger partial charge on any atom is 0.203 e. The number of aryl methyl sites for hydroxylation is 1. The summed E-state index contributed by atoms with van der Waals surface area (Å²) < 4.78 is 17.4. The van der Waals surface area contributed by atoms with Crippen LogP contribution in [0.3, 0.4) is 0 Å². The van der Waals surface area contributed by atoms with Gasteiger partial charge in [-0.1, -0.05) is 0 Å². The highest BCUT2D eigenvalue weighted by Gasteiger charge is 2.14. The minimum absolute atomic E-state index is 0.142. The Hall–Kier alpha value is -2.76. The van der Waals surface area contributed by atoms with Crippen LogP contribution in [0.25, 0.3) is 6.08 Å². The zero-order valence-electron chi connectivity index (χ0n) is 13.0. The fourth-order valence-corrected chi connectivity index (χ4v) is 2.12. The van der Waals surface area contributed by atoms with Crippen LogP contribution in [-0.4, -0.2) is 36.9 Å². The maximum absolute atomic E-state index is 12.1. The number of aromatic nitrogens is 2. The molecule has 6 heteroatoms. The van der Waals surface area contributed by atoms with Gasteiger partial charge in [0, 0.05) is 18.8 Å². The number of carbonyl (C=O) groups excluding carboxylic acids is 1. The second-order valence-corrected chi connectivity index (χ2v) is 4.46. The molecule has 0 saturated carbocycles. The van der Waals surface area contributed by atoms with Gasteiger partial charge in [0.1, 0.15) is 5.69 Å². The van der Waals surface area contributed by atoms with Crippen molar-refractivity contribution in [3.05, 3.63) is 41.7 Å². The zero-order chi connectivity index (χ0) is 16.1. The molecule has 0 radical (unpaired) electrons. The van der Waals surface area contributed by atoms with E-state index in [1.165, 1.54) is 25.0 Å². The zero-order valence-corrected chi connectivity index (χ0v) is 13.0. The SMILES string of the molecule is COc1ccc(/C=C/C(=O)c2ccnn2C)c(OC)c1OC. The van der Waals surface area contributed by atoms with Gasteiger partial charge in [-0.2, -0.15) is 5.10 Å². The first-order chi connectivity index (χ1) is 10.6. The molecule has 2 aromatic rings. The van der Waals surface area contributed by atoms with E-state index in [4.69, 9.17) is 14.2 Å². The average molecular weight is 302 g/mol. The van der Waals surface area contributed by atoms with E-state index in [0.29, 0.717) is 22.9 Å². The van der Waals surface area contributed by atoms with E-state index < -0.39 is 0 Å². The van der Waals surface area contributed by atoms with Gasteiger partial charge in [0.2, 0.25) is 11.5 Å². The molecule has 0 N–H and O–H groups in total. The molecule has 0 saturated heterocycles. The van der Waals surface area contributed by atoms with E-state index in [1.54, 1.807) is 44.6 Å². The summed E-state index contributed by atoms with van der Waals surface area (Å²) in [5, 5.41) is 3.98. The Morgan fingerprint density at radius 3 is 2.36 bits per heavy atom.